The molecule has 0 aliphatic heterocycles. The van der Waals surface area contributed by atoms with E-state index in [0.717, 1.165) is 6.07 Å². The van der Waals surface area contributed by atoms with E-state index in [0.29, 0.717) is 12.1 Å². The highest BCUT2D eigenvalue weighted by molar-refractivity contribution is 7.89. The smallest absolute Gasteiger partial charge is 0.225 e. The Hall–Kier alpha value is -2.85. The summed E-state index contributed by atoms with van der Waals surface area (Å²) < 4.78 is 104. The molecule has 0 aliphatic carbocycles. The van der Waals surface area contributed by atoms with Crippen LogP contribution in [0.2, 0.25) is 0 Å². The van der Waals surface area contributed by atoms with Crippen molar-refractivity contribution >= 4 is 10.0 Å². The minimum absolute atomic E-state index is 0.00914. The molecular formula is C20H13F6NO2S. The van der Waals surface area contributed by atoms with E-state index in [-0.39, 0.29) is 22.8 Å². The van der Waals surface area contributed by atoms with E-state index in [1.807, 2.05) is 0 Å². The first-order valence-electron chi connectivity index (χ1n) is 8.29. The topological polar surface area (TPSA) is 60.2 Å². The maximum Gasteiger partial charge on any atom is 0.416 e. The van der Waals surface area contributed by atoms with Crippen LogP contribution >= 0.6 is 0 Å². The van der Waals surface area contributed by atoms with Crippen molar-refractivity contribution in [2.24, 2.45) is 5.14 Å². The van der Waals surface area contributed by atoms with Gasteiger partial charge in [0.2, 0.25) is 10.0 Å². The van der Waals surface area contributed by atoms with Crippen molar-refractivity contribution in [3.05, 3.63) is 77.9 Å². The lowest BCUT2D eigenvalue weighted by Crippen LogP contribution is -2.14. The Morgan fingerprint density at radius 2 is 1.20 bits per heavy atom. The average Bonchev–Trinajstić information content (AvgIpc) is 2.65. The maximum atomic E-state index is 13.3. The van der Waals surface area contributed by atoms with E-state index in [1.165, 1.54) is 24.3 Å². The molecule has 0 radical (unpaired) electrons. The largest absolute Gasteiger partial charge is 0.416 e. The molecule has 0 saturated carbocycles. The SMILES string of the molecule is NS(=O)(=O)c1cccc(-c2cc(C(F)(F)F)cc(C(F)(F)F)c2)c1-c1ccccc1. The third-order valence-corrected chi connectivity index (χ3v) is 5.25. The molecule has 3 rings (SSSR count). The minimum Gasteiger partial charge on any atom is -0.225 e. The fourth-order valence-corrected chi connectivity index (χ4v) is 3.80. The van der Waals surface area contributed by atoms with Crippen LogP contribution in [0.4, 0.5) is 26.3 Å². The second-order valence-electron chi connectivity index (χ2n) is 6.38. The van der Waals surface area contributed by atoms with Crippen molar-refractivity contribution in [3.8, 4) is 22.3 Å². The Labute approximate surface area is 167 Å². The summed E-state index contributed by atoms with van der Waals surface area (Å²) in [5.41, 5.74) is -3.42. The zero-order valence-corrected chi connectivity index (χ0v) is 15.7. The fraction of sp³-hybridized carbons (Fsp3) is 0.100. The number of halogens is 6. The van der Waals surface area contributed by atoms with Gasteiger partial charge in [-0.3, -0.25) is 0 Å². The quantitative estimate of drug-likeness (QED) is 0.526. The molecule has 0 spiro atoms. The van der Waals surface area contributed by atoms with E-state index < -0.39 is 44.0 Å². The molecule has 10 heteroatoms. The number of alkyl halides is 6. The summed E-state index contributed by atoms with van der Waals surface area (Å²) in [4.78, 5) is -0.419. The number of benzene rings is 3. The van der Waals surface area contributed by atoms with Gasteiger partial charge in [0.15, 0.2) is 0 Å². The number of sulfonamides is 1. The molecule has 3 nitrogen and oxygen atoms in total. The Kier molecular flexibility index (Phi) is 5.42. The molecule has 158 valence electrons. The lowest BCUT2D eigenvalue weighted by atomic mass is 9.92. The predicted octanol–water partition coefficient (Wildman–Crippen LogP) is 5.71. The van der Waals surface area contributed by atoms with Gasteiger partial charge in [0.25, 0.3) is 0 Å². The monoisotopic (exact) mass is 445 g/mol. The first kappa shape index (κ1) is 21.8. The predicted molar refractivity (Wildman–Crippen MR) is 98.7 cm³/mol. The van der Waals surface area contributed by atoms with Gasteiger partial charge in [-0.05, 0) is 41.0 Å². The van der Waals surface area contributed by atoms with Crippen molar-refractivity contribution in [2.75, 3.05) is 0 Å². The third kappa shape index (κ3) is 4.49. The molecular weight excluding hydrogens is 432 g/mol. The standard InChI is InChI=1S/C20H13F6NO2S/c21-19(22,23)14-9-13(10-15(11-14)20(24,25)26)16-7-4-8-17(30(27,28)29)18(16)12-5-2-1-3-6-12/h1-11H,(H2,27,28,29). The Balaban J connectivity index is 2.42. The molecule has 0 aliphatic rings. The maximum absolute atomic E-state index is 13.3. The molecule has 0 unspecified atom stereocenters. The Morgan fingerprint density at radius 3 is 1.67 bits per heavy atom. The summed E-state index contributed by atoms with van der Waals surface area (Å²) in [5, 5.41) is 5.25. The van der Waals surface area contributed by atoms with Crippen LogP contribution in [-0.2, 0) is 22.4 Å². The van der Waals surface area contributed by atoms with E-state index in [1.54, 1.807) is 18.2 Å². The van der Waals surface area contributed by atoms with Crippen LogP contribution in [0.25, 0.3) is 22.3 Å². The summed E-state index contributed by atoms with van der Waals surface area (Å²) in [6.07, 6.45) is -10.1. The summed E-state index contributed by atoms with van der Waals surface area (Å²) in [6.45, 7) is 0. The highest BCUT2D eigenvalue weighted by Gasteiger charge is 2.37. The third-order valence-electron chi connectivity index (χ3n) is 4.29. The molecule has 0 saturated heterocycles. The molecule has 0 heterocycles. The van der Waals surface area contributed by atoms with Crippen molar-refractivity contribution in [1.29, 1.82) is 0 Å². The van der Waals surface area contributed by atoms with Crippen LogP contribution in [-0.4, -0.2) is 8.42 Å². The molecule has 0 aromatic heterocycles. The van der Waals surface area contributed by atoms with Gasteiger partial charge in [0.1, 0.15) is 0 Å². The number of hydrogen-bond acceptors (Lipinski definition) is 2. The molecule has 2 N–H and O–H groups in total. The molecule has 3 aromatic carbocycles. The van der Waals surface area contributed by atoms with Crippen LogP contribution in [0.3, 0.4) is 0 Å². The van der Waals surface area contributed by atoms with Crippen molar-refractivity contribution in [2.45, 2.75) is 17.2 Å². The number of rotatable bonds is 3. The molecule has 0 amide bonds. The van der Waals surface area contributed by atoms with Crippen LogP contribution in [0.5, 0.6) is 0 Å². The summed E-state index contributed by atoms with van der Waals surface area (Å²) >= 11 is 0. The Morgan fingerprint density at radius 1 is 0.667 bits per heavy atom. The first-order valence-corrected chi connectivity index (χ1v) is 9.84. The van der Waals surface area contributed by atoms with Crippen molar-refractivity contribution in [3.63, 3.8) is 0 Å². The molecule has 0 fully saturated rings. The second-order valence-corrected chi connectivity index (χ2v) is 7.91. The van der Waals surface area contributed by atoms with Gasteiger partial charge in [0, 0.05) is 5.56 Å². The van der Waals surface area contributed by atoms with E-state index >= 15 is 0 Å². The zero-order chi connectivity index (χ0) is 22.3. The lowest BCUT2D eigenvalue weighted by molar-refractivity contribution is -0.143. The molecule has 3 aromatic rings. The summed E-state index contributed by atoms with van der Waals surface area (Å²) in [5.74, 6) is 0. The zero-order valence-electron chi connectivity index (χ0n) is 14.9. The van der Waals surface area contributed by atoms with Crippen molar-refractivity contribution in [1.82, 2.24) is 0 Å². The van der Waals surface area contributed by atoms with Gasteiger partial charge in [0.05, 0.1) is 16.0 Å². The highest BCUT2D eigenvalue weighted by Crippen LogP contribution is 2.42. The van der Waals surface area contributed by atoms with Crippen LogP contribution in [0.1, 0.15) is 11.1 Å². The van der Waals surface area contributed by atoms with Gasteiger partial charge in [-0.15, -0.1) is 0 Å². The summed E-state index contributed by atoms with van der Waals surface area (Å²) in [6, 6.07) is 12.4. The minimum atomic E-state index is -5.04. The molecule has 0 bridgehead atoms. The van der Waals surface area contributed by atoms with Gasteiger partial charge in [-0.25, -0.2) is 13.6 Å². The second kappa shape index (κ2) is 7.44. The van der Waals surface area contributed by atoms with E-state index in [2.05, 4.69) is 0 Å². The van der Waals surface area contributed by atoms with Gasteiger partial charge in [-0.1, -0.05) is 42.5 Å². The number of primary sulfonamides is 1. The van der Waals surface area contributed by atoms with E-state index in [4.69, 9.17) is 5.14 Å². The molecule has 30 heavy (non-hydrogen) atoms. The number of hydrogen-bond donors (Lipinski definition) is 1. The first-order chi connectivity index (χ1) is 13.8. The average molecular weight is 445 g/mol. The van der Waals surface area contributed by atoms with Crippen LogP contribution < -0.4 is 5.14 Å². The van der Waals surface area contributed by atoms with E-state index in [9.17, 15) is 34.8 Å². The number of nitrogens with two attached hydrogens (primary N) is 1. The Bertz CT molecular complexity index is 1150. The van der Waals surface area contributed by atoms with Crippen LogP contribution in [0, 0.1) is 0 Å². The van der Waals surface area contributed by atoms with Gasteiger partial charge in [-0.2, -0.15) is 26.3 Å². The van der Waals surface area contributed by atoms with Gasteiger partial charge < -0.3 is 0 Å². The van der Waals surface area contributed by atoms with Crippen molar-refractivity contribution < 1.29 is 34.8 Å². The lowest BCUT2D eigenvalue weighted by Gasteiger charge is -2.18. The van der Waals surface area contributed by atoms with Gasteiger partial charge >= 0.3 is 12.4 Å². The highest BCUT2D eigenvalue weighted by atomic mass is 32.2. The normalized spacial score (nSPS) is 12.8. The fourth-order valence-electron chi connectivity index (χ4n) is 3.02. The van der Waals surface area contributed by atoms with Crippen LogP contribution in [0.15, 0.2) is 71.6 Å². The summed E-state index contributed by atoms with van der Waals surface area (Å²) in [7, 11) is -4.33. The molecule has 0 atom stereocenters.